The minimum absolute atomic E-state index is 0.0331. The van der Waals surface area contributed by atoms with Gasteiger partial charge in [-0.2, -0.15) is 0 Å². The Hall–Kier alpha value is -1.68. The summed E-state index contributed by atoms with van der Waals surface area (Å²) in [6, 6.07) is 10.0. The number of nitrogens with zero attached hydrogens (tertiary/aromatic N) is 1. The van der Waals surface area contributed by atoms with Crippen molar-refractivity contribution < 1.29 is 14.3 Å². The van der Waals surface area contributed by atoms with Crippen LogP contribution in [0.4, 0.5) is 0 Å². The molecule has 1 aliphatic heterocycles. The Morgan fingerprint density at radius 2 is 2.05 bits per heavy atom. The van der Waals surface area contributed by atoms with Crippen molar-refractivity contribution in [3.63, 3.8) is 0 Å². The second-order valence-corrected chi connectivity index (χ2v) is 5.99. The lowest BCUT2D eigenvalue weighted by Gasteiger charge is -2.25. The molecule has 1 aromatic rings. The average molecular weight is 287 g/mol. The Morgan fingerprint density at radius 3 is 2.71 bits per heavy atom. The summed E-state index contributed by atoms with van der Waals surface area (Å²) in [5, 5.41) is 0. The average Bonchev–Trinajstić information content (AvgIpc) is 3.26. The van der Waals surface area contributed by atoms with Gasteiger partial charge in [-0.15, -0.1) is 0 Å². The van der Waals surface area contributed by atoms with Gasteiger partial charge in [-0.25, -0.2) is 0 Å². The molecule has 112 valence electrons. The zero-order valence-corrected chi connectivity index (χ0v) is 12.1. The Bertz CT molecular complexity index is 498. The molecule has 1 saturated heterocycles. The van der Waals surface area contributed by atoms with Crippen LogP contribution in [0.25, 0.3) is 0 Å². The maximum absolute atomic E-state index is 12.4. The van der Waals surface area contributed by atoms with Crippen LogP contribution in [-0.4, -0.2) is 36.0 Å². The normalized spacial score (nSPS) is 25.0. The van der Waals surface area contributed by atoms with E-state index >= 15 is 0 Å². The number of aldehydes is 1. The molecule has 1 aromatic carbocycles. The molecule has 4 heteroatoms. The molecule has 0 aromatic heterocycles. The molecular formula is C17H21NO3. The third-order valence-corrected chi connectivity index (χ3v) is 4.31. The van der Waals surface area contributed by atoms with E-state index in [0.29, 0.717) is 13.0 Å². The zero-order chi connectivity index (χ0) is 14.7. The summed E-state index contributed by atoms with van der Waals surface area (Å²) in [7, 11) is 0. The van der Waals surface area contributed by atoms with Crippen LogP contribution < -0.4 is 0 Å². The van der Waals surface area contributed by atoms with Crippen molar-refractivity contribution in [3.05, 3.63) is 35.9 Å². The Morgan fingerprint density at radius 1 is 1.29 bits per heavy atom. The number of carbonyl (C=O) groups is 2. The summed E-state index contributed by atoms with van der Waals surface area (Å²) in [5.74, 6) is 0.775. The van der Waals surface area contributed by atoms with Crippen molar-refractivity contribution in [1.82, 2.24) is 4.90 Å². The van der Waals surface area contributed by atoms with E-state index in [1.54, 1.807) is 4.90 Å². The van der Waals surface area contributed by atoms with Crippen LogP contribution in [0.15, 0.2) is 30.3 Å². The second-order valence-electron chi connectivity index (χ2n) is 5.99. The number of hydrogen-bond donors (Lipinski definition) is 0. The molecule has 21 heavy (non-hydrogen) atoms. The quantitative estimate of drug-likeness (QED) is 0.753. The van der Waals surface area contributed by atoms with Gasteiger partial charge in [-0.1, -0.05) is 43.2 Å². The predicted molar refractivity (Wildman–Crippen MR) is 78.5 cm³/mol. The molecule has 1 aliphatic carbocycles. The Balaban J connectivity index is 1.65. The van der Waals surface area contributed by atoms with E-state index in [1.165, 1.54) is 12.8 Å². The lowest BCUT2D eigenvalue weighted by Crippen LogP contribution is -2.43. The van der Waals surface area contributed by atoms with Gasteiger partial charge in [0.25, 0.3) is 0 Å². The minimum Gasteiger partial charge on any atom is -0.349 e. The molecule has 2 fully saturated rings. The molecule has 3 rings (SSSR count). The molecule has 1 amide bonds. The Kier molecular flexibility index (Phi) is 4.34. The van der Waals surface area contributed by atoms with E-state index in [2.05, 4.69) is 0 Å². The van der Waals surface area contributed by atoms with Crippen LogP contribution in [-0.2, 0) is 20.7 Å². The highest BCUT2D eigenvalue weighted by atomic mass is 16.5. The Labute approximate surface area is 125 Å². The SMILES string of the molecule is O=CC1OCC(Cc2ccccc2)N1C(=O)CCC1CC1. The first-order valence-corrected chi connectivity index (χ1v) is 7.70. The van der Waals surface area contributed by atoms with Crippen LogP contribution >= 0.6 is 0 Å². The molecule has 0 radical (unpaired) electrons. The number of rotatable bonds is 6. The van der Waals surface area contributed by atoms with Crippen molar-refractivity contribution in [2.45, 2.75) is 44.4 Å². The monoisotopic (exact) mass is 287 g/mol. The third kappa shape index (κ3) is 3.50. The topological polar surface area (TPSA) is 46.6 Å². The first-order valence-electron chi connectivity index (χ1n) is 7.70. The molecule has 1 saturated carbocycles. The minimum atomic E-state index is -0.703. The highest BCUT2D eigenvalue weighted by Gasteiger charge is 2.37. The molecule has 2 atom stereocenters. The number of benzene rings is 1. The van der Waals surface area contributed by atoms with Crippen LogP contribution in [0.2, 0.25) is 0 Å². The van der Waals surface area contributed by atoms with Gasteiger partial charge < -0.3 is 9.64 Å². The van der Waals surface area contributed by atoms with Crippen molar-refractivity contribution in [3.8, 4) is 0 Å². The first-order chi connectivity index (χ1) is 10.3. The van der Waals surface area contributed by atoms with Gasteiger partial charge in [-0.05, 0) is 24.3 Å². The highest BCUT2D eigenvalue weighted by Crippen LogP contribution is 2.34. The van der Waals surface area contributed by atoms with Crippen LogP contribution in [0.3, 0.4) is 0 Å². The van der Waals surface area contributed by atoms with Gasteiger partial charge in [0, 0.05) is 6.42 Å². The van der Waals surface area contributed by atoms with Crippen LogP contribution in [0, 0.1) is 5.92 Å². The maximum Gasteiger partial charge on any atom is 0.225 e. The molecule has 2 aliphatic rings. The summed E-state index contributed by atoms with van der Waals surface area (Å²) in [6.45, 7) is 0.438. The number of amides is 1. The van der Waals surface area contributed by atoms with E-state index in [-0.39, 0.29) is 11.9 Å². The third-order valence-electron chi connectivity index (χ3n) is 4.31. The van der Waals surface area contributed by atoms with Crippen molar-refractivity contribution in [1.29, 1.82) is 0 Å². The van der Waals surface area contributed by atoms with Crippen LogP contribution in [0.5, 0.6) is 0 Å². The summed E-state index contributed by atoms with van der Waals surface area (Å²) < 4.78 is 5.48. The van der Waals surface area contributed by atoms with E-state index in [4.69, 9.17) is 4.74 Å². The summed E-state index contributed by atoms with van der Waals surface area (Å²) in [6.07, 6.45) is 4.73. The fraction of sp³-hybridized carbons (Fsp3) is 0.529. The molecular weight excluding hydrogens is 266 g/mol. The number of hydrogen-bond acceptors (Lipinski definition) is 3. The van der Waals surface area contributed by atoms with Gasteiger partial charge in [0.05, 0.1) is 12.6 Å². The van der Waals surface area contributed by atoms with Crippen molar-refractivity contribution >= 4 is 12.2 Å². The van der Waals surface area contributed by atoms with E-state index in [1.807, 2.05) is 30.3 Å². The van der Waals surface area contributed by atoms with Gasteiger partial charge >= 0.3 is 0 Å². The smallest absolute Gasteiger partial charge is 0.225 e. The van der Waals surface area contributed by atoms with Crippen LogP contribution in [0.1, 0.15) is 31.2 Å². The lowest BCUT2D eigenvalue weighted by molar-refractivity contribution is -0.142. The first kappa shape index (κ1) is 14.3. The molecule has 0 spiro atoms. The highest BCUT2D eigenvalue weighted by molar-refractivity contribution is 5.80. The fourth-order valence-corrected chi connectivity index (χ4v) is 2.94. The van der Waals surface area contributed by atoms with Crippen molar-refractivity contribution in [2.24, 2.45) is 5.92 Å². The zero-order valence-electron chi connectivity index (χ0n) is 12.1. The predicted octanol–water partition coefficient (Wildman–Crippen LogP) is 2.17. The van der Waals surface area contributed by atoms with Gasteiger partial charge in [0.15, 0.2) is 12.5 Å². The summed E-state index contributed by atoms with van der Waals surface area (Å²) >= 11 is 0. The molecule has 0 N–H and O–H groups in total. The van der Waals surface area contributed by atoms with E-state index in [9.17, 15) is 9.59 Å². The number of carbonyl (C=O) groups excluding carboxylic acids is 2. The standard InChI is InChI=1S/C17H21NO3/c19-11-17-18(16(20)9-8-13-6-7-13)15(12-21-17)10-14-4-2-1-3-5-14/h1-5,11,13,15,17H,6-10,12H2. The summed E-state index contributed by atoms with van der Waals surface area (Å²) in [4.78, 5) is 25.2. The second kappa shape index (κ2) is 6.39. The van der Waals surface area contributed by atoms with E-state index in [0.717, 1.165) is 30.6 Å². The summed E-state index contributed by atoms with van der Waals surface area (Å²) in [5.41, 5.74) is 1.16. The molecule has 4 nitrogen and oxygen atoms in total. The largest absolute Gasteiger partial charge is 0.349 e. The van der Waals surface area contributed by atoms with E-state index < -0.39 is 6.23 Å². The van der Waals surface area contributed by atoms with Gasteiger partial charge in [0.2, 0.25) is 5.91 Å². The molecule has 2 unspecified atom stereocenters. The maximum atomic E-state index is 12.4. The fourth-order valence-electron chi connectivity index (χ4n) is 2.94. The molecule has 1 heterocycles. The van der Waals surface area contributed by atoms with Gasteiger partial charge in [-0.3, -0.25) is 9.59 Å². The number of ether oxygens (including phenoxy) is 1. The lowest BCUT2D eigenvalue weighted by atomic mass is 10.0. The van der Waals surface area contributed by atoms with Crippen molar-refractivity contribution in [2.75, 3.05) is 6.61 Å². The van der Waals surface area contributed by atoms with Gasteiger partial charge in [0.1, 0.15) is 0 Å². The molecule has 0 bridgehead atoms.